The van der Waals surface area contributed by atoms with Gasteiger partial charge in [-0.05, 0) is 92.4 Å². The maximum atomic E-state index is 15.5. The van der Waals surface area contributed by atoms with E-state index in [9.17, 15) is 4.79 Å². The molecule has 0 N–H and O–H groups in total. The number of benzene rings is 2. The molecule has 1 aromatic heterocycles. The fourth-order valence-corrected chi connectivity index (χ4v) is 6.31. The van der Waals surface area contributed by atoms with Gasteiger partial charge in [-0.1, -0.05) is 32.0 Å². The number of halogens is 1. The van der Waals surface area contributed by atoms with Crippen molar-refractivity contribution in [2.75, 3.05) is 11.4 Å². The van der Waals surface area contributed by atoms with E-state index in [0.29, 0.717) is 21.4 Å². The van der Waals surface area contributed by atoms with Crippen LogP contribution in [0.2, 0.25) is 0 Å². The predicted octanol–water partition coefficient (Wildman–Crippen LogP) is 7.73. The zero-order valence-corrected chi connectivity index (χ0v) is 22.5. The summed E-state index contributed by atoms with van der Waals surface area (Å²) in [6, 6.07) is 16.7. The molecule has 5 rings (SSSR count). The van der Waals surface area contributed by atoms with Crippen LogP contribution in [-0.2, 0) is 11.3 Å². The summed E-state index contributed by atoms with van der Waals surface area (Å²) in [5.41, 5.74) is 3.22. The first kappa shape index (κ1) is 25.3. The van der Waals surface area contributed by atoms with Gasteiger partial charge in [0.25, 0.3) is 5.91 Å². The number of rotatable bonds is 6. The fourth-order valence-electron chi connectivity index (χ4n) is 5.32. The van der Waals surface area contributed by atoms with Crippen LogP contribution in [0, 0.1) is 5.82 Å². The number of anilines is 1. The first-order valence-electron chi connectivity index (χ1n) is 12.8. The summed E-state index contributed by atoms with van der Waals surface area (Å²) in [5.74, 6) is 0.406. The van der Waals surface area contributed by atoms with Crippen molar-refractivity contribution in [2.24, 2.45) is 4.99 Å². The van der Waals surface area contributed by atoms with E-state index in [4.69, 9.17) is 9.41 Å². The Kier molecular flexibility index (Phi) is 6.99. The highest BCUT2D eigenvalue weighted by Crippen LogP contribution is 2.45. The molecule has 192 valence electrons. The molecule has 0 radical (unpaired) electrons. The molecule has 1 saturated heterocycles. The minimum absolute atomic E-state index is 0.0404. The summed E-state index contributed by atoms with van der Waals surface area (Å²) in [6.07, 6.45) is 5.23. The summed E-state index contributed by atoms with van der Waals surface area (Å²) in [4.78, 5) is 22.6. The zero-order valence-electron chi connectivity index (χ0n) is 21.7. The predicted molar refractivity (Wildman–Crippen MR) is 150 cm³/mol. The molecule has 2 aliphatic rings. The molecule has 1 amide bonds. The average Bonchev–Trinajstić information content (AvgIpc) is 3.47. The Morgan fingerprint density at radius 2 is 1.97 bits per heavy atom. The number of aliphatic imine (C=N–C) groups is 1. The maximum absolute atomic E-state index is 15.5. The van der Waals surface area contributed by atoms with Gasteiger partial charge in [-0.3, -0.25) is 9.69 Å². The lowest BCUT2D eigenvalue weighted by atomic mass is 9.79. The standard InChI is InChI=1S/C30H32FN3O2S/c1-5-13-34-26-17-25(31)21(15-24(26)20(2)18-30(34,3)4)16-27-28(35)33(19-23-12-9-14-36-23)29(37-27)32-22-10-7-6-8-11-22/h6-12,14-17,20H,5,13,18-19H2,1-4H3/b27-16+,32-29?. The molecule has 37 heavy (non-hydrogen) atoms. The normalized spacial score (nSPS) is 21.2. The number of carbonyl (C=O) groups is 1. The van der Waals surface area contributed by atoms with Gasteiger partial charge in [0.1, 0.15) is 11.6 Å². The Balaban J connectivity index is 1.53. The molecule has 1 unspecified atom stereocenters. The molecule has 7 heteroatoms. The lowest BCUT2D eigenvalue weighted by molar-refractivity contribution is -0.122. The highest BCUT2D eigenvalue weighted by atomic mass is 32.2. The monoisotopic (exact) mass is 517 g/mol. The minimum Gasteiger partial charge on any atom is -0.467 e. The highest BCUT2D eigenvalue weighted by molar-refractivity contribution is 8.18. The van der Waals surface area contributed by atoms with E-state index in [1.807, 2.05) is 42.5 Å². The van der Waals surface area contributed by atoms with Gasteiger partial charge in [-0.2, -0.15) is 0 Å². The van der Waals surface area contributed by atoms with Crippen LogP contribution in [0.4, 0.5) is 15.8 Å². The van der Waals surface area contributed by atoms with E-state index < -0.39 is 0 Å². The third kappa shape index (κ3) is 5.10. The third-order valence-corrected chi connectivity index (χ3v) is 8.01. The van der Waals surface area contributed by atoms with E-state index in [-0.39, 0.29) is 29.7 Å². The minimum atomic E-state index is -0.323. The molecule has 2 aliphatic heterocycles. The van der Waals surface area contributed by atoms with E-state index in [1.54, 1.807) is 29.4 Å². The Morgan fingerprint density at radius 3 is 2.68 bits per heavy atom. The summed E-state index contributed by atoms with van der Waals surface area (Å²) in [7, 11) is 0. The van der Waals surface area contributed by atoms with Crippen LogP contribution in [0.25, 0.3) is 6.08 Å². The smallest absolute Gasteiger partial charge is 0.267 e. The molecule has 3 aromatic rings. The van der Waals surface area contributed by atoms with Crippen molar-refractivity contribution < 1.29 is 13.6 Å². The average molecular weight is 518 g/mol. The quantitative estimate of drug-likeness (QED) is 0.314. The molecule has 0 spiro atoms. The summed E-state index contributed by atoms with van der Waals surface area (Å²) in [5, 5.41) is 0.543. The van der Waals surface area contributed by atoms with Gasteiger partial charge in [-0.25, -0.2) is 9.38 Å². The van der Waals surface area contributed by atoms with Gasteiger partial charge in [0.2, 0.25) is 0 Å². The Hall–Kier alpha value is -3.32. The van der Waals surface area contributed by atoms with Crippen molar-refractivity contribution in [2.45, 2.75) is 58.5 Å². The highest BCUT2D eigenvalue weighted by Gasteiger charge is 2.37. The van der Waals surface area contributed by atoms with Crippen LogP contribution < -0.4 is 4.90 Å². The van der Waals surface area contributed by atoms with Crippen molar-refractivity contribution in [1.29, 1.82) is 0 Å². The fraction of sp³-hybridized carbons (Fsp3) is 0.333. The van der Waals surface area contributed by atoms with E-state index >= 15 is 4.39 Å². The van der Waals surface area contributed by atoms with Crippen molar-refractivity contribution in [3.63, 3.8) is 0 Å². The van der Waals surface area contributed by atoms with Gasteiger partial charge in [0.15, 0.2) is 5.17 Å². The molecule has 1 fully saturated rings. The van der Waals surface area contributed by atoms with Gasteiger partial charge in [0.05, 0.1) is 23.4 Å². The molecule has 0 bridgehead atoms. The second-order valence-electron chi connectivity index (χ2n) is 10.3. The number of carbonyl (C=O) groups excluding carboxylic acids is 1. The van der Waals surface area contributed by atoms with Crippen LogP contribution in [0.1, 0.15) is 63.3 Å². The first-order valence-corrected chi connectivity index (χ1v) is 13.6. The molecular formula is C30H32FN3O2S. The second kappa shape index (κ2) is 10.2. The van der Waals surface area contributed by atoms with Crippen molar-refractivity contribution in [3.05, 3.63) is 88.5 Å². The number of thioether (sulfide) groups is 1. The first-order chi connectivity index (χ1) is 17.8. The lowest BCUT2D eigenvalue weighted by Gasteiger charge is -2.47. The van der Waals surface area contributed by atoms with Gasteiger partial charge < -0.3 is 9.32 Å². The van der Waals surface area contributed by atoms with E-state index in [0.717, 1.165) is 36.3 Å². The SMILES string of the molecule is CCCN1c2cc(F)c(/C=C3/SC(=Nc4ccccc4)N(Cc4ccco4)C3=O)cc2C(C)CC1(C)C. The lowest BCUT2D eigenvalue weighted by Crippen LogP contribution is -2.48. The molecule has 3 heterocycles. The third-order valence-electron chi connectivity index (χ3n) is 7.00. The Morgan fingerprint density at radius 1 is 1.19 bits per heavy atom. The van der Waals surface area contributed by atoms with Crippen LogP contribution in [0.5, 0.6) is 0 Å². The number of amides is 1. The van der Waals surface area contributed by atoms with Crippen LogP contribution in [-0.4, -0.2) is 28.1 Å². The van der Waals surface area contributed by atoms with E-state index in [2.05, 4.69) is 32.6 Å². The zero-order chi connectivity index (χ0) is 26.2. The van der Waals surface area contributed by atoms with E-state index in [1.165, 1.54) is 11.8 Å². The van der Waals surface area contributed by atoms with Gasteiger partial charge in [-0.15, -0.1) is 0 Å². The topological polar surface area (TPSA) is 49.0 Å². The molecule has 5 nitrogen and oxygen atoms in total. The second-order valence-corrected chi connectivity index (χ2v) is 11.3. The summed E-state index contributed by atoms with van der Waals surface area (Å²) >= 11 is 1.26. The largest absolute Gasteiger partial charge is 0.467 e. The molecular weight excluding hydrogens is 485 g/mol. The molecule has 0 saturated carbocycles. The molecule has 1 atom stereocenters. The number of fused-ring (bicyclic) bond motifs is 1. The Labute approximate surface area is 222 Å². The van der Waals surface area contributed by atoms with Crippen LogP contribution in [0.15, 0.2) is 75.2 Å². The number of furan rings is 1. The Bertz CT molecular complexity index is 1350. The summed E-state index contributed by atoms with van der Waals surface area (Å²) < 4.78 is 21.0. The summed E-state index contributed by atoms with van der Waals surface area (Å²) in [6.45, 7) is 9.93. The van der Waals surface area contributed by atoms with Crippen molar-refractivity contribution >= 4 is 40.3 Å². The maximum Gasteiger partial charge on any atom is 0.267 e. The number of hydrogen-bond acceptors (Lipinski definition) is 5. The van der Waals surface area contributed by atoms with Gasteiger partial charge >= 0.3 is 0 Å². The molecule has 0 aliphatic carbocycles. The van der Waals surface area contributed by atoms with Gasteiger partial charge in [0, 0.05) is 23.3 Å². The number of nitrogens with zero attached hydrogens (tertiary/aromatic N) is 3. The number of amidine groups is 1. The van der Waals surface area contributed by atoms with Crippen molar-refractivity contribution in [3.8, 4) is 0 Å². The number of hydrogen-bond donors (Lipinski definition) is 0. The number of para-hydroxylation sites is 1. The van der Waals surface area contributed by atoms with Crippen LogP contribution >= 0.6 is 11.8 Å². The van der Waals surface area contributed by atoms with Crippen molar-refractivity contribution in [1.82, 2.24) is 4.90 Å². The molecule has 2 aromatic carbocycles. The van der Waals surface area contributed by atoms with Crippen LogP contribution in [0.3, 0.4) is 0 Å².